The molecule has 1 aliphatic rings. The summed E-state index contributed by atoms with van der Waals surface area (Å²) in [6.45, 7) is 1.38. The van der Waals surface area contributed by atoms with Gasteiger partial charge in [-0.1, -0.05) is 30.5 Å². The van der Waals surface area contributed by atoms with Crippen LogP contribution in [0.25, 0.3) is 0 Å². The third-order valence-corrected chi connectivity index (χ3v) is 4.68. The van der Waals surface area contributed by atoms with Crippen LogP contribution in [0.2, 0.25) is 5.02 Å². The first-order valence-corrected chi connectivity index (χ1v) is 7.06. The molecule has 0 aromatic heterocycles. The fraction of sp³-hybridized carbons (Fsp3) is 0.462. The van der Waals surface area contributed by atoms with Gasteiger partial charge in [-0.2, -0.15) is 0 Å². The van der Waals surface area contributed by atoms with Gasteiger partial charge in [0.25, 0.3) is 0 Å². The summed E-state index contributed by atoms with van der Waals surface area (Å²) in [7, 11) is 0. The van der Waals surface area contributed by atoms with Crippen molar-refractivity contribution >= 4 is 29.3 Å². The molecule has 0 aliphatic heterocycles. The minimum absolute atomic E-state index is 0.338. The van der Waals surface area contributed by atoms with Gasteiger partial charge >= 0.3 is 5.97 Å². The smallest absolute Gasteiger partial charge is 0.308 e. The van der Waals surface area contributed by atoms with Crippen LogP contribution in [-0.4, -0.2) is 11.2 Å². The van der Waals surface area contributed by atoms with E-state index in [2.05, 4.69) is 0 Å². The number of halogens is 1. The first-order chi connectivity index (χ1) is 8.16. The predicted octanol–water partition coefficient (Wildman–Crippen LogP) is 4.30. The minimum Gasteiger partial charge on any atom is -0.425 e. The highest BCUT2D eigenvalue weighted by atomic mass is 35.5. The summed E-state index contributed by atoms with van der Waals surface area (Å²) in [4.78, 5) is 11.9. The van der Waals surface area contributed by atoms with Crippen molar-refractivity contribution in [2.45, 2.75) is 42.8 Å². The Labute approximate surface area is 111 Å². The van der Waals surface area contributed by atoms with Crippen molar-refractivity contribution in [3.63, 3.8) is 0 Å². The van der Waals surface area contributed by atoms with Crippen LogP contribution in [0.15, 0.2) is 23.1 Å². The maximum Gasteiger partial charge on any atom is 0.308 e. The lowest BCUT2D eigenvalue weighted by Crippen LogP contribution is -2.02. The van der Waals surface area contributed by atoms with Crippen molar-refractivity contribution < 1.29 is 9.53 Å². The first kappa shape index (κ1) is 12.8. The molecule has 0 bridgehead atoms. The SMILES string of the molecule is CC(=O)Oc1cccc(SC2CCCC2)c1Cl. The van der Waals surface area contributed by atoms with Crippen molar-refractivity contribution in [3.8, 4) is 5.75 Å². The van der Waals surface area contributed by atoms with Crippen LogP contribution in [-0.2, 0) is 4.79 Å². The standard InChI is InChI=1S/C13H15ClO2S/c1-9(15)16-11-7-4-8-12(13(11)14)17-10-5-2-3-6-10/h4,7-8,10H,2-3,5-6H2,1H3. The van der Waals surface area contributed by atoms with E-state index in [0.717, 1.165) is 4.90 Å². The van der Waals surface area contributed by atoms with E-state index in [-0.39, 0.29) is 5.97 Å². The minimum atomic E-state index is -0.338. The maximum absolute atomic E-state index is 10.9. The zero-order valence-electron chi connectivity index (χ0n) is 9.74. The molecular formula is C13H15ClO2S. The van der Waals surface area contributed by atoms with Gasteiger partial charge in [0, 0.05) is 17.1 Å². The normalized spacial score (nSPS) is 16.1. The molecule has 1 aliphatic carbocycles. The van der Waals surface area contributed by atoms with Gasteiger partial charge in [0.05, 0.1) is 5.02 Å². The third kappa shape index (κ3) is 3.39. The number of hydrogen-bond donors (Lipinski definition) is 0. The molecule has 0 N–H and O–H groups in total. The predicted molar refractivity (Wildman–Crippen MR) is 70.9 cm³/mol. The van der Waals surface area contributed by atoms with Crippen LogP contribution in [0, 0.1) is 0 Å². The average molecular weight is 271 g/mol. The van der Waals surface area contributed by atoms with E-state index in [4.69, 9.17) is 16.3 Å². The van der Waals surface area contributed by atoms with Crippen LogP contribution in [0.4, 0.5) is 0 Å². The van der Waals surface area contributed by atoms with E-state index in [0.29, 0.717) is 16.0 Å². The average Bonchev–Trinajstić information content (AvgIpc) is 2.76. The summed E-state index contributed by atoms with van der Waals surface area (Å²) in [6, 6.07) is 5.59. The largest absolute Gasteiger partial charge is 0.425 e. The lowest BCUT2D eigenvalue weighted by molar-refractivity contribution is -0.131. The monoisotopic (exact) mass is 270 g/mol. The first-order valence-electron chi connectivity index (χ1n) is 5.80. The van der Waals surface area contributed by atoms with Crippen LogP contribution >= 0.6 is 23.4 Å². The molecule has 1 aromatic carbocycles. The number of carbonyl (C=O) groups excluding carboxylic acids is 1. The quantitative estimate of drug-likeness (QED) is 0.605. The van der Waals surface area contributed by atoms with Gasteiger partial charge in [-0.05, 0) is 25.0 Å². The number of esters is 1. The van der Waals surface area contributed by atoms with Crippen LogP contribution in [0.1, 0.15) is 32.6 Å². The topological polar surface area (TPSA) is 26.3 Å². The van der Waals surface area contributed by atoms with E-state index in [1.54, 1.807) is 17.8 Å². The molecule has 4 heteroatoms. The molecule has 0 saturated heterocycles. The second-order valence-corrected chi connectivity index (χ2v) is 5.91. The highest BCUT2D eigenvalue weighted by Gasteiger charge is 2.18. The zero-order chi connectivity index (χ0) is 12.3. The number of benzene rings is 1. The van der Waals surface area contributed by atoms with Gasteiger partial charge in [-0.3, -0.25) is 4.79 Å². The number of rotatable bonds is 3. The summed E-state index contributed by atoms with van der Waals surface area (Å²) >= 11 is 8.03. The molecule has 0 atom stereocenters. The van der Waals surface area contributed by atoms with Gasteiger partial charge < -0.3 is 4.74 Å². The Bertz CT molecular complexity index is 414. The summed E-state index contributed by atoms with van der Waals surface area (Å²) in [5.74, 6) is 0.122. The summed E-state index contributed by atoms with van der Waals surface area (Å²) < 4.78 is 5.07. The Balaban J connectivity index is 2.13. The van der Waals surface area contributed by atoms with E-state index in [1.807, 2.05) is 12.1 Å². The Morgan fingerprint density at radius 3 is 2.76 bits per heavy atom. The van der Waals surface area contributed by atoms with Crippen LogP contribution < -0.4 is 4.74 Å². The molecule has 1 aromatic rings. The van der Waals surface area contributed by atoms with Gasteiger partial charge in [-0.25, -0.2) is 0 Å². The highest BCUT2D eigenvalue weighted by molar-refractivity contribution is 8.00. The molecule has 17 heavy (non-hydrogen) atoms. The van der Waals surface area contributed by atoms with E-state index in [1.165, 1.54) is 32.6 Å². The number of thioether (sulfide) groups is 1. The second kappa shape index (κ2) is 5.78. The maximum atomic E-state index is 10.9. The fourth-order valence-electron chi connectivity index (χ4n) is 2.00. The number of carbonyl (C=O) groups is 1. The van der Waals surface area contributed by atoms with Gasteiger partial charge in [-0.15, -0.1) is 11.8 Å². The molecule has 92 valence electrons. The van der Waals surface area contributed by atoms with E-state index >= 15 is 0 Å². The number of ether oxygens (including phenoxy) is 1. The molecule has 2 rings (SSSR count). The summed E-state index contributed by atoms with van der Waals surface area (Å²) in [5, 5.41) is 1.21. The lowest BCUT2D eigenvalue weighted by atomic mass is 10.3. The Kier molecular flexibility index (Phi) is 4.35. The molecule has 1 saturated carbocycles. The van der Waals surface area contributed by atoms with E-state index in [9.17, 15) is 4.79 Å². The van der Waals surface area contributed by atoms with Crippen molar-refractivity contribution in [2.24, 2.45) is 0 Å². The lowest BCUT2D eigenvalue weighted by Gasteiger charge is -2.12. The Morgan fingerprint density at radius 2 is 2.12 bits per heavy atom. The Hall–Kier alpha value is -0.670. The number of hydrogen-bond acceptors (Lipinski definition) is 3. The van der Waals surface area contributed by atoms with Crippen molar-refractivity contribution in [1.82, 2.24) is 0 Å². The molecule has 0 unspecified atom stereocenters. The summed E-state index contributed by atoms with van der Waals surface area (Å²) in [6.07, 6.45) is 5.11. The van der Waals surface area contributed by atoms with Gasteiger partial charge in [0.15, 0.2) is 5.75 Å². The van der Waals surface area contributed by atoms with Crippen molar-refractivity contribution in [3.05, 3.63) is 23.2 Å². The second-order valence-electron chi connectivity index (χ2n) is 4.19. The van der Waals surface area contributed by atoms with Gasteiger partial charge in [0.1, 0.15) is 0 Å². The molecule has 0 amide bonds. The highest BCUT2D eigenvalue weighted by Crippen LogP contribution is 2.41. The fourth-order valence-corrected chi connectivity index (χ4v) is 3.59. The molecule has 0 spiro atoms. The zero-order valence-corrected chi connectivity index (χ0v) is 11.3. The Morgan fingerprint density at radius 1 is 1.41 bits per heavy atom. The van der Waals surface area contributed by atoms with Crippen molar-refractivity contribution in [2.75, 3.05) is 0 Å². The van der Waals surface area contributed by atoms with Crippen LogP contribution in [0.5, 0.6) is 5.75 Å². The third-order valence-electron chi connectivity index (χ3n) is 2.78. The van der Waals surface area contributed by atoms with E-state index < -0.39 is 0 Å². The van der Waals surface area contributed by atoms with Gasteiger partial charge in [0.2, 0.25) is 0 Å². The molecule has 1 fully saturated rings. The molecular weight excluding hydrogens is 256 g/mol. The van der Waals surface area contributed by atoms with Crippen molar-refractivity contribution in [1.29, 1.82) is 0 Å². The molecule has 0 heterocycles. The summed E-state index contributed by atoms with van der Waals surface area (Å²) in [5.41, 5.74) is 0. The molecule has 0 radical (unpaired) electrons. The van der Waals surface area contributed by atoms with Crippen LogP contribution in [0.3, 0.4) is 0 Å². The molecule has 2 nitrogen and oxygen atoms in total.